The highest BCUT2D eigenvalue weighted by Gasteiger charge is 2.24. The Kier molecular flexibility index (Phi) is 10.9. The first kappa shape index (κ1) is 39.3. The number of hydrogen-bond acceptors (Lipinski definition) is 5. The number of hydrogen-bond donors (Lipinski definition) is 0. The quantitative estimate of drug-likeness (QED) is 0.108. The van der Waals surface area contributed by atoms with Crippen LogP contribution in [0.2, 0.25) is 0 Å². The SMILES string of the molecule is C=C1CC(c2cccc(-c3cccc(P(C)(C)=O)c3)c2)=NC(c2cccc(-c3cccc(P(C)(C)=O)c3)c2)=NC1c1cccc(-c2cccc(P(C)(C)=O)c2)c1. The van der Waals surface area contributed by atoms with E-state index in [-0.39, 0.29) is 6.04 Å². The first-order valence-electron chi connectivity index (χ1n) is 18.6. The first-order valence-corrected chi connectivity index (χ1v) is 26.5. The Bertz CT molecular complexity index is 2710. The van der Waals surface area contributed by atoms with E-state index in [1.54, 1.807) is 40.0 Å². The van der Waals surface area contributed by atoms with Crippen molar-refractivity contribution in [2.24, 2.45) is 9.98 Å². The van der Waals surface area contributed by atoms with E-state index in [2.05, 4.69) is 61.2 Å². The topological polar surface area (TPSA) is 75.9 Å². The van der Waals surface area contributed by atoms with Crippen molar-refractivity contribution < 1.29 is 13.7 Å². The summed E-state index contributed by atoms with van der Waals surface area (Å²) in [5.41, 5.74) is 10.5. The number of aliphatic imine (C=N–C) groups is 2. The fraction of sp³-hybridized carbons (Fsp3) is 0.167. The molecule has 8 heteroatoms. The molecule has 6 aromatic rings. The van der Waals surface area contributed by atoms with E-state index in [1.807, 2.05) is 91.0 Å². The molecule has 1 aliphatic rings. The Morgan fingerprint density at radius 2 is 0.821 bits per heavy atom. The van der Waals surface area contributed by atoms with Gasteiger partial charge in [-0.25, -0.2) is 4.99 Å². The van der Waals surface area contributed by atoms with Crippen molar-refractivity contribution in [1.82, 2.24) is 0 Å². The molecule has 56 heavy (non-hydrogen) atoms. The molecule has 0 N–H and O–H groups in total. The molecule has 6 aromatic carbocycles. The molecule has 0 bridgehead atoms. The molecule has 0 saturated heterocycles. The molecule has 0 aromatic heterocycles. The maximum Gasteiger partial charge on any atom is 0.155 e. The predicted molar refractivity (Wildman–Crippen MR) is 242 cm³/mol. The van der Waals surface area contributed by atoms with Crippen LogP contribution in [-0.2, 0) is 13.7 Å². The summed E-state index contributed by atoms with van der Waals surface area (Å²) in [6.45, 7) is 15.4. The summed E-state index contributed by atoms with van der Waals surface area (Å²) < 4.78 is 39.0. The molecule has 0 fully saturated rings. The maximum absolute atomic E-state index is 13.0. The second-order valence-corrected chi connectivity index (χ2v) is 25.4. The Morgan fingerprint density at radius 3 is 1.29 bits per heavy atom. The second kappa shape index (κ2) is 15.6. The van der Waals surface area contributed by atoms with Gasteiger partial charge in [0.1, 0.15) is 21.4 Å². The third-order valence-electron chi connectivity index (χ3n) is 10.2. The van der Waals surface area contributed by atoms with Crippen molar-refractivity contribution >= 4 is 48.9 Å². The molecule has 282 valence electrons. The number of amidine groups is 1. The average Bonchev–Trinajstić information content (AvgIpc) is 3.36. The minimum atomic E-state index is -2.46. The van der Waals surface area contributed by atoms with Gasteiger partial charge in [0, 0.05) is 27.9 Å². The fourth-order valence-electron chi connectivity index (χ4n) is 7.00. The van der Waals surface area contributed by atoms with Gasteiger partial charge in [-0.15, -0.1) is 0 Å². The monoisotopic (exact) mass is 792 g/mol. The van der Waals surface area contributed by atoms with Crippen molar-refractivity contribution in [3.63, 3.8) is 0 Å². The molecule has 0 radical (unpaired) electrons. The van der Waals surface area contributed by atoms with Crippen LogP contribution in [0.25, 0.3) is 33.4 Å². The summed E-state index contributed by atoms with van der Waals surface area (Å²) in [5.74, 6) is 0.592. The smallest absolute Gasteiger partial charge is 0.155 e. The van der Waals surface area contributed by atoms with Crippen LogP contribution in [0.5, 0.6) is 0 Å². The Labute approximate surface area is 331 Å². The van der Waals surface area contributed by atoms with Gasteiger partial charge in [-0.1, -0.05) is 116 Å². The molecule has 5 nitrogen and oxygen atoms in total. The van der Waals surface area contributed by atoms with Crippen LogP contribution in [0, 0.1) is 0 Å². The van der Waals surface area contributed by atoms with Crippen LogP contribution < -0.4 is 15.9 Å². The molecule has 0 amide bonds. The normalized spacial score (nSPS) is 15.2. The lowest BCUT2D eigenvalue weighted by Crippen LogP contribution is -2.06. The summed E-state index contributed by atoms with van der Waals surface area (Å²) >= 11 is 0. The zero-order valence-corrected chi connectivity index (χ0v) is 35.5. The molecule has 7 rings (SSSR count). The lowest BCUT2D eigenvalue weighted by molar-refractivity contribution is 0.587. The van der Waals surface area contributed by atoms with Gasteiger partial charge in [0.25, 0.3) is 0 Å². The molecule has 1 atom stereocenters. The molecule has 0 saturated carbocycles. The molecular formula is C48H47N2O3P3. The Morgan fingerprint density at radius 1 is 0.464 bits per heavy atom. The molecule has 1 unspecified atom stereocenters. The van der Waals surface area contributed by atoms with E-state index < -0.39 is 21.4 Å². The second-order valence-electron chi connectivity index (χ2n) is 15.7. The fourth-order valence-corrected chi connectivity index (χ4v) is 9.69. The van der Waals surface area contributed by atoms with E-state index in [1.165, 1.54) is 0 Å². The summed E-state index contributed by atoms with van der Waals surface area (Å²) in [6.07, 6.45) is 0.499. The van der Waals surface area contributed by atoms with Crippen molar-refractivity contribution in [3.05, 3.63) is 174 Å². The van der Waals surface area contributed by atoms with Gasteiger partial charge in [0.2, 0.25) is 0 Å². The minimum absolute atomic E-state index is 0.390. The van der Waals surface area contributed by atoms with Gasteiger partial charge in [0.15, 0.2) is 5.84 Å². The third kappa shape index (κ3) is 8.88. The summed E-state index contributed by atoms with van der Waals surface area (Å²) in [7, 11) is -7.35. The van der Waals surface area contributed by atoms with Crippen LogP contribution >= 0.6 is 21.4 Å². The third-order valence-corrected chi connectivity index (χ3v) is 14.8. The van der Waals surface area contributed by atoms with Crippen molar-refractivity contribution in [1.29, 1.82) is 0 Å². The number of rotatable bonds is 9. The summed E-state index contributed by atoms with van der Waals surface area (Å²) in [4.78, 5) is 10.7. The van der Waals surface area contributed by atoms with Gasteiger partial charge in [-0.2, -0.15) is 0 Å². The lowest BCUT2D eigenvalue weighted by Gasteiger charge is -2.17. The Balaban J connectivity index is 1.34. The van der Waals surface area contributed by atoms with Crippen LogP contribution in [0.4, 0.5) is 0 Å². The molecule has 1 aliphatic heterocycles. The summed E-state index contributed by atoms with van der Waals surface area (Å²) in [6, 6.07) is 48.4. The standard InChI is InChI=1S/C48H47N2O3P3/c1-33-26-46(40-20-8-14-34(27-40)37-17-11-23-43(30-37)54(2,3)51)49-48(42-22-10-16-36(29-42)39-19-13-25-45(32-39)56(6,7)53)50-47(33)41-21-9-15-35(28-41)38-18-12-24-44(31-38)55(4,5)52/h8-25,27-32,47H,1,26H2,2-7H3. The predicted octanol–water partition coefficient (Wildman–Crippen LogP) is 11.4. The van der Waals surface area contributed by atoms with Crippen LogP contribution in [0.1, 0.15) is 29.2 Å². The number of nitrogens with zero attached hydrogens (tertiary/aromatic N) is 2. The van der Waals surface area contributed by atoms with E-state index in [0.29, 0.717) is 12.3 Å². The molecule has 1 heterocycles. The highest BCUT2D eigenvalue weighted by Crippen LogP contribution is 2.39. The number of benzene rings is 6. The first-order chi connectivity index (χ1) is 26.5. The largest absolute Gasteiger partial charge is 0.319 e. The lowest BCUT2D eigenvalue weighted by atomic mass is 9.91. The van der Waals surface area contributed by atoms with Gasteiger partial charge in [-0.3, -0.25) is 4.99 Å². The zero-order chi connectivity index (χ0) is 39.8. The van der Waals surface area contributed by atoms with Crippen LogP contribution in [0.3, 0.4) is 0 Å². The van der Waals surface area contributed by atoms with Crippen molar-refractivity contribution in [2.75, 3.05) is 40.0 Å². The Hall–Kier alpha value is -4.91. The van der Waals surface area contributed by atoms with Crippen molar-refractivity contribution in [3.8, 4) is 33.4 Å². The molecule has 0 aliphatic carbocycles. The van der Waals surface area contributed by atoms with Crippen LogP contribution in [0.15, 0.2) is 168 Å². The van der Waals surface area contributed by atoms with E-state index >= 15 is 0 Å². The van der Waals surface area contributed by atoms with Gasteiger partial charge in [-0.05, 0) is 126 Å². The van der Waals surface area contributed by atoms with Gasteiger partial charge >= 0.3 is 0 Å². The maximum atomic E-state index is 13.0. The van der Waals surface area contributed by atoms with Crippen molar-refractivity contribution in [2.45, 2.75) is 12.5 Å². The molecular weight excluding hydrogens is 745 g/mol. The highest BCUT2D eigenvalue weighted by atomic mass is 31.2. The zero-order valence-electron chi connectivity index (χ0n) is 32.8. The van der Waals surface area contributed by atoms with Crippen LogP contribution in [-0.4, -0.2) is 51.5 Å². The van der Waals surface area contributed by atoms with E-state index in [9.17, 15) is 13.7 Å². The van der Waals surface area contributed by atoms with Gasteiger partial charge in [0.05, 0.1) is 11.8 Å². The van der Waals surface area contributed by atoms with E-state index in [0.717, 1.165) is 77.3 Å². The average molecular weight is 793 g/mol. The molecule has 0 spiro atoms. The van der Waals surface area contributed by atoms with E-state index in [4.69, 9.17) is 9.98 Å². The highest BCUT2D eigenvalue weighted by molar-refractivity contribution is 7.70. The van der Waals surface area contributed by atoms with Gasteiger partial charge < -0.3 is 13.7 Å². The summed E-state index contributed by atoms with van der Waals surface area (Å²) in [5, 5.41) is 2.52. The minimum Gasteiger partial charge on any atom is -0.319 e.